The van der Waals surface area contributed by atoms with Gasteiger partial charge in [0, 0.05) is 33.7 Å². The Morgan fingerprint density at radius 1 is 0.418 bits per heavy atom. The zero-order valence-electron chi connectivity index (χ0n) is 36.9. The Labute approximate surface area is 392 Å². The van der Waals surface area contributed by atoms with E-state index >= 15 is 0 Å². The lowest BCUT2D eigenvalue weighted by Crippen LogP contribution is -2.22. The Kier molecular flexibility index (Phi) is 8.94. The van der Waals surface area contributed by atoms with Crippen molar-refractivity contribution in [2.45, 2.75) is 5.41 Å². The van der Waals surface area contributed by atoms with Gasteiger partial charge in [0.25, 0.3) is 0 Å². The molecule has 13 rings (SSSR count). The summed E-state index contributed by atoms with van der Waals surface area (Å²) in [7, 11) is 0. The molecule has 0 saturated heterocycles. The van der Waals surface area contributed by atoms with Crippen LogP contribution in [0, 0.1) is 0 Å². The van der Waals surface area contributed by atoms with E-state index in [2.05, 4.69) is 265 Å². The summed E-state index contributed by atoms with van der Waals surface area (Å²) in [6, 6.07) is 86.0. The fourth-order valence-corrected chi connectivity index (χ4v) is 11.1. The van der Waals surface area contributed by atoms with Crippen molar-refractivity contribution in [1.82, 2.24) is 0 Å². The molecule has 0 N–H and O–H groups in total. The number of nitrogens with zero attached hydrogens (tertiary/aromatic N) is 2. The second kappa shape index (κ2) is 15.5. The standard InChI is InChI=1S/C65H44N2/c1-44(30-31-50-43-65(59-26-11-8-22-54(50)59)60-27-12-9-23-55(60)56-24-10-13-28-61(56)65)66(52-37-32-46(33-38-52)45-16-4-2-5-17-45)53-39-34-47(35-40-53)49-36-41-57-58-25-14-18-48-19-15-29-62(64(48)58)67(63(57)42-49)51-20-6-3-7-21-51/h2-43H,1H2/b31-30-. The molecule has 1 aliphatic heterocycles. The normalized spacial score (nSPS) is 13.6. The number of allylic oxidation sites excluding steroid dienone is 4. The summed E-state index contributed by atoms with van der Waals surface area (Å²) in [5, 5.41) is 2.53. The molecular weight excluding hydrogens is 809 g/mol. The van der Waals surface area contributed by atoms with Crippen LogP contribution in [-0.4, -0.2) is 0 Å². The molecule has 2 aliphatic carbocycles. The van der Waals surface area contributed by atoms with Crippen molar-refractivity contribution in [3.63, 3.8) is 0 Å². The molecule has 10 aromatic carbocycles. The molecule has 314 valence electrons. The zero-order chi connectivity index (χ0) is 44.5. The monoisotopic (exact) mass is 852 g/mol. The smallest absolute Gasteiger partial charge is 0.0659 e. The lowest BCUT2D eigenvalue weighted by Gasteiger charge is -2.34. The predicted octanol–water partition coefficient (Wildman–Crippen LogP) is 17.2. The van der Waals surface area contributed by atoms with Crippen LogP contribution in [0.15, 0.2) is 267 Å². The van der Waals surface area contributed by atoms with Gasteiger partial charge in [0.1, 0.15) is 0 Å². The summed E-state index contributed by atoms with van der Waals surface area (Å²) in [6.07, 6.45) is 6.94. The zero-order valence-corrected chi connectivity index (χ0v) is 36.9. The second-order valence-electron chi connectivity index (χ2n) is 17.7. The average molecular weight is 853 g/mol. The van der Waals surface area contributed by atoms with Crippen LogP contribution in [0.3, 0.4) is 0 Å². The molecule has 67 heavy (non-hydrogen) atoms. The Bertz CT molecular complexity index is 3580. The molecule has 0 aromatic heterocycles. The summed E-state index contributed by atoms with van der Waals surface area (Å²) in [5.74, 6) is 0. The third kappa shape index (κ3) is 6.11. The average Bonchev–Trinajstić information content (AvgIpc) is 3.88. The van der Waals surface area contributed by atoms with Gasteiger partial charge in [-0.2, -0.15) is 0 Å². The molecule has 0 saturated carbocycles. The van der Waals surface area contributed by atoms with Crippen LogP contribution in [0.5, 0.6) is 0 Å². The van der Waals surface area contributed by atoms with Crippen LogP contribution in [-0.2, 0) is 5.41 Å². The maximum atomic E-state index is 4.77. The number of benzene rings is 10. The maximum absolute atomic E-state index is 4.77. The van der Waals surface area contributed by atoms with Crippen molar-refractivity contribution in [2.24, 2.45) is 0 Å². The van der Waals surface area contributed by atoms with Crippen LogP contribution < -0.4 is 9.80 Å². The van der Waals surface area contributed by atoms with E-state index < -0.39 is 0 Å². The van der Waals surface area contributed by atoms with Gasteiger partial charge in [-0.1, -0.05) is 207 Å². The highest BCUT2D eigenvalue weighted by Crippen LogP contribution is 2.58. The van der Waals surface area contributed by atoms with Crippen LogP contribution in [0.2, 0.25) is 0 Å². The Balaban J connectivity index is 0.889. The highest BCUT2D eigenvalue weighted by atomic mass is 15.2. The predicted molar refractivity (Wildman–Crippen MR) is 282 cm³/mol. The first-order valence-electron chi connectivity index (χ1n) is 23.1. The van der Waals surface area contributed by atoms with Gasteiger partial charge in [-0.3, -0.25) is 0 Å². The molecular formula is C65H44N2. The van der Waals surface area contributed by atoms with Crippen LogP contribution in [0.25, 0.3) is 60.9 Å². The largest absolute Gasteiger partial charge is 0.311 e. The molecule has 2 heteroatoms. The van der Waals surface area contributed by atoms with Gasteiger partial charge in [-0.05, 0) is 127 Å². The molecule has 0 radical (unpaired) electrons. The molecule has 0 fully saturated rings. The molecule has 0 bridgehead atoms. The van der Waals surface area contributed by atoms with E-state index in [1.54, 1.807) is 0 Å². The van der Waals surface area contributed by atoms with E-state index in [9.17, 15) is 0 Å². The van der Waals surface area contributed by atoms with Gasteiger partial charge in [0.15, 0.2) is 0 Å². The van der Waals surface area contributed by atoms with Crippen molar-refractivity contribution >= 4 is 44.8 Å². The molecule has 2 nitrogen and oxygen atoms in total. The number of hydrogen-bond acceptors (Lipinski definition) is 2. The molecule has 0 unspecified atom stereocenters. The Morgan fingerprint density at radius 3 is 1.58 bits per heavy atom. The number of para-hydroxylation sites is 1. The molecule has 3 aliphatic rings. The number of rotatable bonds is 8. The minimum Gasteiger partial charge on any atom is -0.311 e. The first kappa shape index (κ1) is 38.7. The third-order valence-corrected chi connectivity index (χ3v) is 14.1. The molecule has 10 aromatic rings. The van der Waals surface area contributed by atoms with Gasteiger partial charge in [-0.15, -0.1) is 0 Å². The number of fused-ring (bicyclic) bond motifs is 9. The number of anilines is 5. The maximum Gasteiger partial charge on any atom is 0.0659 e. The van der Waals surface area contributed by atoms with Gasteiger partial charge >= 0.3 is 0 Å². The summed E-state index contributed by atoms with van der Waals surface area (Å²) >= 11 is 0. The minimum absolute atomic E-state index is 0.362. The minimum atomic E-state index is -0.362. The quantitative estimate of drug-likeness (QED) is 0.141. The van der Waals surface area contributed by atoms with E-state index in [0.29, 0.717) is 0 Å². The van der Waals surface area contributed by atoms with Gasteiger partial charge < -0.3 is 9.80 Å². The lowest BCUT2D eigenvalue weighted by atomic mass is 9.74. The Morgan fingerprint density at radius 2 is 0.925 bits per heavy atom. The highest BCUT2D eigenvalue weighted by Gasteiger charge is 2.47. The van der Waals surface area contributed by atoms with Crippen LogP contribution in [0.1, 0.15) is 22.3 Å². The van der Waals surface area contributed by atoms with E-state index in [-0.39, 0.29) is 5.41 Å². The van der Waals surface area contributed by atoms with Crippen molar-refractivity contribution in [3.8, 4) is 44.5 Å². The lowest BCUT2D eigenvalue weighted by molar-refractivity contribution is 0.821. The van der Waals surface area contributed by atoms with Crippen molar-refractivity contribution in [3.05, 3.63) is 289 Å². The summed E-state index contributed by atoms with van der Waals surface area (Å²) in [4.78, 5) is 4.69. The molecule has 0 atom stereocenters. The van der Waals surface area contributed by atoms with E-state index in [1.807, 2.05) is 0 Å². The highest BCUT2D eigenvalue weighted by molar-refractivity contribution is 6.14. The van der Waals surface area contributed by atoms with Crippen LogP contribution in [0.4, 0.5) is 28.4 Å². The third-order valence-electron chi connectivity index (χ3n) is 14.1. The van der Waals surface area contributed by atoms with E-state index in [4.69, 9.17) is 6.58 Å². The van der Waals surface area contributed by atoms with Crippen molar-refractivity contribution in [1.29, 1.82) is 0 Å². The molecule has 1 heterocycles. The second-order valence-corrected chi connectivity index (χ2v) is 17.7. The van der Waals surface area contributed by atoms with E-state index in [1.165, 1.54) is 83.4 Å². The summed E-state index contributed by atoms with van der Waals surface area (Å²) in [6.45, 7) is 4.77. The summed E-state index contributed by atoms with van der Waals surface area (Å²) in [5.41, 5.74) is 22.3. The van der Waals surface area contributed by atoms with Crippen molar-refractivity contribution in [2.75, 3.05) is 9.80 Å². The van der Waals surface area contributed by atoms with Crippen molar-refractivity contribution < 1.29 is 0 Å². The van der Waals surface area contributed by atoms with Gasteiger partial charge in [0.05, 0.1) is 16.8 Å². The first-order chi connectivity index (χ1) is 33.1. The summed E-state index contributed by atoms with van der Waals surface area (Å²) < 4.78 is 0. The SMILES string of the molecule is C=C(/C=C\C1=CC2(c3ccccc31)c1ccccc1-c1ccccc12)N(c1ccc(-c2ccccc2)cc1)c1ccc(-c2ccc3c(c2)N(c2ccccc2)c2cccc4cccc-3c24)cc1. The fraction of sp³-hybridized carbons (Fsp3) is 0.0154. The first-order valence-corrected chi connectivity index (χ1v) is 23.1. The van der Waals surface area contributed by atoms with Crippen LogP contribution >= 0.6 is 0 Å². The Hall–Kier alpha value is -8.72. The number of hydrogen-bond donors (Lipinski definition) is 0. The molecule has 0 amide bonds. The van der Waals surface area contributed by atoms with Gasteiger partial charge in [-0.25, -0.2) is 0 Å². The molecule has 1 spiro atoms. The fourth-order valence-electron chi connectivity index (χ4n) is 11.1. The van der Waals surface area contributed by atoms with E-state index in [0.717, 1.165) is 33.9 Å². The topological polar surface area (TPSA) is 6.48 Å². The van der Waals surface area contributed by atoms with Gasteiger partial charge in [0.2, 0.25) is 0 Å².